The molecule has 1 aromatic heterocycles. The summed E-state index contributed by atoms with van der Waals surface area (Å²) in [4.78, 5) is 18.6. The zero-order chi connectivity index (χ0) is 16.5. The zero-order valence-electron chi connectivity index (χ0n) is 13.9. The van der Waals surface area contributed by atoms with Crippen molar-refractivity contribution in [3.63, 3.8) is 0 Å². The number of benzene rings is 1. The van der Waals surface area contributed by atoms with Crippen molar-refractivity contribution in [1.29, 1.82) is 0 Å². The average molecular weight is 342 g/mol. The minimum absolute atomic E-state index is 0.127. The fourth-order valence-electron chi connectivity index (χ4n) is 3.48. The molecule has 0 aliphatic carbocycles. The van der Waals surface area contributed by atoms with Crippen LogP contribution in [0.25, 0.3) is 0 Å². The van der Waals surface area contributed by atoms with Crippen LogP contribution in [0.5, 0.6) is 5.75 Å². The Morgan fingerprint density at radius 1 is 1.25 bits per heavy atom. The molecule has 1 saturated heterocycles. The molecule has 2 aromatic rings. The highest BCUT2D eigenvalue weighted by Gasteiger charge is 2.36. The predicted octanol–water partition coefficient (Wildman–Crippen LogP) is 3.03. The van der Waals surface area contributed by atoms with Crippen LogP contribution in [-0.2, 0) is 13.0 Å². The van der Waals surface area contributed by atoms with E-state index in [9.17, 15) is 4.79 Å². The summed E-state index contributed by atoms with van der Waals surface area (Å²) >= 11 is 1.87. The Hall–Kier alpha value is -1.85. The molecule has 1 amide bonds. The molecule has 5 heteroatoms. The first-order chi connectivity index (χ1) is 11.7. The number of carbonyl (C=O) groups is 1. The van der Waals surface area contributed by atoms with E-state index >= 15 is 0 Å². The monoisotopic (exact) mass is 342 g/mol. The van der Waals surface area contributed by atoms with E-state index in [1.165, 1.54) is 10.4 Å². The van der Waals surface area contributed by atoms with Gasteiger partial charge >= 0.3 is 0 Å². The number of rotatable bonds is 4. The van der Waals surface area contributed by atoms with E-state index in [0.29, 0.717) is 12.6 Å². The van der Waals surface area contributed by atoms with Gasteiger partial charge < -0.3 is 9.64 Å². The highest BCUT2D eigenvalue weighted by atomic mass is 32.1. The van der Waals surface area contributed by atoms with E-state index in [4.69, 9.17) is 4.74 Å². The number of thiophene rings is 1. The summed E-state index contributed by atoms with van der Waals surface area (Å²) in [5.41, 5.74) is 2.22. The Morgan fingerprint density at radius 3 is 2.79 bits per heavy atom. The molecule has 0 spiro atoms. The number of hydrogen-bond acceptors (Lipinski definition) is 4. The fourth-order valence-corrected chi connectivity index (χ4v) is 4.37. The number of fused-ring (bicyclic) bond motifs is 1. The molecule has 126 valence electrons. The lowest BCUT2D eigenvalue weighted by Crippen LogP contribution is -2.61. The Labute approximate surface area is 146 Å². The van der Waals surface area contributed by atoms with Crippen molar-refractivity contribution in [1.82, 2.24) is 9.80 Å². The van der Waals surface area contributed by atoms with Crippen LogP contribution in [0.4, 0.5) is 0 Å². The van der Waals surface area contributed by atoms with Crippen molar-refractivity contribution in [2.75, 3.05) is 26.2 Å². The highest BCUT2D eigenvalue weighted by Crippen LogP contribution is 2.28. The van der Waals surface area contributed by atoms with Gasteiger partial charge in [0.2, 0.25) is 0 Å². The van der Waals surface area contributed by atoms with Crippen molar-refractivity contribution in [3.8, 4) is 5.75 Å². The van der Waals surface area contributed by atoms with Crippen LogP contribution in [0, 0.1) is 0 Å². The zero-order valence-corrected chi connectivity index (χ0v) is 14.7. The van der Waals surface area contributed by atoms with Crippen LogP contribution < -0.4 is 4.74 Å². The van der Waals surface area contributed by atoms with Crippen molar-refractivity contribution in [3.05, 3.63) is 51.7 Å². The first kappa shape index (κ1) is 15.7. The van der Waals surface area contributed by atoms with Gasteiger partial charge in [0.25, 0.3) is 5.91 Å². The van der Waals surface area contributed by atoms with Crippen LogP contribution in [0.3, 0.4) is 0 Å². The molecular formula is C19H22N2O2S. The molecule has 1 aromatic carbocycles. The van der Waals surface area contributed by atoms with E-state index in [1.807, 2.05) is 47.4 Å². The van der Waals surface area contributed by atoms with E-state index in [-0.39, 0.29) is 5.91 Å². The quantitative estimate of drug-likeness (QED) is 0.856. The number of carbonyl (C=O) groups excluding carboxylic acids is 1. The Balaban J connectivity index is 1.33. The molecule has 0 radical (unpaired) electrons. The summed E-state index contributed by atoms with van der Waals surface area (Å²) in [7, 11) is 0. The van der Waals surface area contributed by atoms with Crippen LogP contribution in [0.15, 0.2) is 35.7 Å². The van der Waals surface area contributed by atoms with Crippen LogP contribution in [0.2, 0.25) is 0 Å². The highest BCUT2D eigenvalue weighted by molar-refractivity contribution is 7.10. The second kappa shape index (κ2) is 6.57. The maximum Gasteiger partial charge on any atom is 0.253 e. The molecule has 0 unspecified atom stereocenters. The topological polar surface area (TPSA) is 32.8 Å². The molecule has 1 fully saturated rings. The molecule has 3 heterocycles. The van der Waals surface area contributed by atoms with E-state index in [0.717, 1.165) is 43.9 Å². The Bertz CT molecular complexity index is 719. The minimum Gasteiger partial charge on any atom is -0.494 e. The largest absolute Gasteiger partial charge is 0.494 e. The second-order valence-electron chi connectivity index (χ2n) is 6.41. The average Bonchev–Trinajstić information content (AvgIpc) is 3.02. The first-order valence-corrected chi connectivity index (χ1v) is 9.44. The van der Waals surface area contributed by atoms with E-state index < -0.39 is 0 Å². The fraction of sp³-hybridized carbons (Fsp3) is 0.421. The lowest BCUT2D eigenvalue weighted by Gasteiger charge is -2.46. The molecule has 24 heavy (non-hydrogen) atoms. The molecule has 0 saturated carbocycles. The van der Waals surface area contributed by atoms with Gasteiger partial charge in [-0.25, -0.2) is 0 Å². The molecule has 4 rings (SSSR count). The van der Waals surface area contributed by atoms with Crippen molar-refractivity contribution in [2.24, 2.45) is 0 Å². The van der Waals surface area contributed by atoms with E-state index in [1.54, 1.807) is 0 Å². The molecule has 2 aliphatic rings. The van der Waals surface area contributed by atoms with Gasteiger partial charge in [-0.05, 0) is 54.6 Å². The number of likely N-dealkylation sites (tertiary alicyclic amines) is 1. The Kier molecular flexibility index (Phi) is 4.29. The van der Waals surface area contributed by atoms with Gasteiger partial charge in [-0.1, -0.05) is 0 Å². The third kappa shape index (κ3) is 2.94. The summed E-state index contributed by atoms with van der Waals surface area (Å²) in [6, 6.07) is 10.2. The smallest absolute Gasteiger partial charge is 0.253 e. The Morgan fingerprint density at radius 2 is 2.04 bits per heavy atom. The van der Waals surface area contributed by atoms with Crippen molar-refractivity contribution < 1.29 is 9.53 Å². The minimum atomic E-state index is 0.127. The summed E-state index contributed by atoms with van der Waals surface area (Å²) < 4.78 is 5.43. The molecule has 2 aliphatic heterocycles. The summed E-state index contributed by atoms with van der Waals surface area (Å²) in [6.07, 6.45) is 1.15. The van der Waals surface area contributed by atoms with Crippen LogP contribution >= 0.6 is 11.3 Å². The third-order valence-electron chi connectivity index (χ3n) is 4.92. The SMILES string of the molecule is CCOc1ccc(C(=O)N2CC(N3CCc4sccc4C3)C2)cc1. The summed E-state index contributed by atoms with van der Waals surface area (Å²) in [5.74, 6) is 0.943. The van der Waals surface area contributed by atoms with Gasteiger partial charge in [0.1, 0.15) is 5.75 Å². The number of ether oxygens (including phenoxy) is 1. The number of amides is 1. The molecular weight excluding hydrogens is 320 g/mol. The predicted molar refractivity (Wildman–Crippen MR) is 95.7 cm³/mol. The van der Waals surface area contributed by atoms with Crippen LogP contribution in [0.1, 0.15) is 27.7 Å². The van der Waals surface area contributed by atoms with Crippen LogP contribution in [-0.4, -0.2) is 48.0 Å². The summed E-state index contributed by atoms with van der Waals surface area (Å²) in [6.45, 7) is 6.43. The summed E-state index contributed by atoms with van der Waals surface area (Å²) in [5, 5.41) is 2.19. The van der Waals surface area contributed by atoms with Gasteiger partial charge in [-0.3, -0.25) is 9.69 Å². The lowest BCUT2D eigenvalue weighted by atomic mass is 10.0. The molecule has 0 N–H and O–H groups in total. The van der Waals surface area contributed by atoms with Gasteiger partial charge in [-0.15, -0.1) is 11.3 Å². The van der Waals surface area contributed by atoms with Crippen molar-refractivity contribution in [2.45, 2.75) is 25.9 Å². The molecule has 0 atom stereocenters. The number of nitrogens with zero attached hydrogens (tertiary/aromatic N) is 2. The lowest BCUT2D eigenvalue weighted by molar-refractivity contribution is 0.0221. The van der Waals surface area contributed by atoms with Crippen molar-refractivity contribution >= 4 is 17.2 Å². The first-order valence-electron chi connectivity index (χ1n) is 8.56. The van der Waals surface area contributed by atoms with Gasteiger partial charge in [0.15, 0.2) is 0 Å². The maximum atomic E-state index is 12.5. The van der Waals surface area contributed by atoms with E-state index in [2.05, 4.69) is 16.3 Å². The van der Waals surface area contributed by atoms with Gasteiger partial charge in [-0.2, -0.15) is 0 Å². The normalized spacial score (nSPS) is 18.1. The second-order valence-corrected chi connectivity index (χ2v) is 7.41. The standard InChI is InChI=1S/C19H22N2O2S/c1-2-23-17-5-3-14(4-6-17)19(22)21-12-16(13-21)20-9-7-18-15(11-20)8-10-24-18/h3-6,8,10,16H,2,7,9,11-13H2,1H3. The third-order valence-corrected chi connectivity index (χ3v) is 5.94. The van der Waals surface area contributed by atoms with Gasteiger partial charge in [0, 0.05) is 42.7 Å². The number of hydrogen-bond donors (Lipinski definition) is 0. The van der Waals surface area contributed by atoms with Gasteiger partial charge in [0.05, 0.1) is 6.61 Å². The molecule has 4 nitrogen and oxygen atoms in total. The molecule has 0 bridgehead atoms. The maximum absolute atomic E-state index is 12.5.